The summed E-state index contributed by atoms with van der Waals surface area (Å²) >= 11 is 0. The lowest BCUT2D eigenvalue weighted by molar-refractivity contribution is -0.126. The first-order chi connectivity index (χ1) is 14.5. The Hall–Kier alpha value is -3.80. The van der Waals surface area contributed by atoms with Gasteiger partial charge in [-0.1, -0.05) is 72.8 Å². The van der Waals surface area contributed by atoms with Gasteiger partial charge < -0.3 is 0 Å². The molecule has 0 aliphatic carbocycles. The van der Waals surface area contributed by atoms with Gasteiger partial charge >= 0.3 is 0 Å². The minimum Gasteiger partial charge on any atom is -0.273 e. The van der Waals surface area contributed by atoms with Crippen LogP contribution in [0.15, 0.2) is 82.0 Å². The number of amides is 2. The average Bonchev–Trinajstić information content (AvgIpc) is 2.73. The summed E-state index contributed by atoms with van der Waals surface area (Å²) in [5.74, 6) is -0.670. The summed E-state index contributed by atoms with van der Waals surface area (Å²) < 4.78 is 0. The van der Waals surface area contributed by atoms with Gasteiger partial charge in [0.15, 0.2) is 0 Å². The highest BCUT2D eigenvalue weighted by atomic mass is 16.2. The maximum atomic E-state index is 11.8. The number of nitrogens with zero attached hydrogens (tertiary/aromatic N) is 2. The van der Waals surface area contributed by atoms with Crippen molar-refractivity contribution < 1.29 is 9.59 Å². The zero-order valence-corrected chi connectivity index (χ0v) is 17.2. The first kappa shape index (κ1) is 22.5. The standard InChI is InChI=1S/C24H26N4O2/c1-19(15-21-9-5-3-6-10-21)17-25-27-23(29)13-14-24(30)28-26-18-20(2)16-22-11-7-4-8-12-22/h3-12,15-18H,13-14H2,1-2H3,(H,27,29)(H,28,30). The van der Waals surface area contributed by atoms with E-state index in [1.54, 1.807) is 12.4 Å². The van der Waals surface area contributed by atoms with Crippen molar-refractivity contribution in [3.8, 4) is 0 Å². The molecule has 0 aromatic heterocycles. The highest BCUT2D eigenvalue weighted by molar-refractivity contribution is 5.88. The zero-order valence-electron chi connectivity index (χ0n) is 17.2. The van der Waals surface area contributed by atoms with Crippen LogP contribution in [0.3, 0.4) is 0 Å². The summed E-state index contributed by atoms with van der Waals surface area (Å²) in [5, 5.41) is 7.82. The molecule has 0 saturated carbocycles. The highest BCUT2D eigenvalue weighted by Crippen LogP contribution is 2.05. The molecule has 0 heterocycles. The van der Waals surface area contributed by atoms with Gasteiger partial charge in [-0.25, -0.2) is 10.9 Å². The molecular formula is C24H26N4O2. The molecule has 0 saturated heterocycles. The van der Waals surface area contributed by atoms with Crippen molar-refractivity contribution in [2.45, 2.75) is 26.7 Å². The summed E-state index contributed by atoms with van der Waals surface area (Å²) in [6, 6.07) is 19.6. The highest BCUT2D eigenvalue weighted by Gasteiger charge is 2.05. The van der Waals surface area contributed by atoms with Crippen molar-refractivity contribution >= 4 is 36.4 Å². The van der Waals surface area contributed by atoms with Crippen molar-refractivity contribution in [2.24, 2.45) is 10.2 Å². The molecular weight excluding hydrogens is 376 g/mol. The predicted molar refractivity (Wildman–Crippen MR) is 123 cm³/mol. The van der Waals surface area contributed by atoms with Crippen molar-refractivity contribution in [1.29, 1.82) is 0 Å². The summed E-state index contributed by atoms with van der Waals surface area (Å²) in [6.45, 7) is 3.78. The van der Waals surface area contributed by atoms with E-state index in [9.17, 15) is 9.59 Å². The smallest absolute Gasteiger partial charge is 0.240 e. The Balaban J connectivity index is 1.68. The summed E-state index contributed by atoms with van der Waals surface area (Å²) in [5.41, 5.74) is 8.74. The molecule has 0 spiro atoms. The van der Waals surface area contributed by atoms with Gasteiger partial charge in [0.1, 0.15) is 0 Å². The molecule has 0 fully saturated rings. The molecule has 0 radical (unpaired) electrons. The molecule has 30 heavy (non-hydrogen) atoms. The summed E-state index contributed by atoms with van der Waals surface area (Å²) in [4.78, 5) is 23.6. The van der Waals surface area contributed by atoms with E-state index in [1.807, 2.05) is 86.7 Å². The third kappa shape index (κ3) is 9.41. The quantitative estimate of drug-likeness (QED) is 0.487. The Kier molecular flexibility index (Phi) is 9.46. The van der Waals surface area contributed by atoms with Crippen LogP contribution in [-0.2, 0) is 9.59 Å². The van der Waals surface area contributed by atoms with E-state index >= 15 is 0 Å². The van der Waals surface area contributed by atoms with Gasteiger partial charge in [0, 0.05) is 12.8 Å². The summed E-state index contributed by atoms with van der Waals surface area (Å²) in [6.07, 6.45) is 7.09. The van der Waals surface area contributed by atoms with Crippen LogP contribution in [-0.4, -0.2) is 24.2 Å². The fraction of sp³-hybridized carbons (Fsp3) is 0.167. The Morgan fingerprint density at radius 1 is 0.700 bits per heavy atom. The fourth-order valence-electron chi connectivity index (χ4n) is 2.45. The Morgan fingerprint density at radius 2 is 1.07 bits per heavy atom. The largest absolute Gasteiger partial charge is 0.273 e. The number of hydrogen-bond donors (Lipinski definition) is 2. The zero-order chi connectivity index (χ0) is 21.6. The van der Waals surface area contributed by atoms with E-state index in [0.29, 0.717) is 0 Å². The molecule has 2 aromatic carbocycles. The van der Waals surface area contributed by atoms with E-state index in [1.165, 1.54) is 0 Å². The minimum absolute atomic E-state index is 0.0268. The van der Waals surface area contributed by atoms with Gasteiger partial charge in [-0.15, -0.1) is 0 Å². The van der Waals surface area contributed by atoms with Crippen LogP contribution in [0.4, 0.5) is 0 Å². The lowest BCUT2D eigenvalue weighted by atomic mass is 10.1. The SMILES string of the molecule is CC(C=NNC(=O)CCC(=O)NN=CC(C)=Cc1ccccc1)=Cc1ccccc1. The predicted octanol–water partition coefficient (Wildman–Crippen LogP) is 4.18. The lowest BCUT2D eigenvalue weighted by Crippen LogP contribution is -2.22. The molecule has 0 aliphatic heterocycles. The lowest BCUT2D eigenvalue weighted by Gasteiger charge is -2.00. The van der Waals surface area contributed by atoms with Crippen molar-refractivity contribution in [1.82, 2.24) is 10.9 Å². The van der Waals surface area contributed by atoms with Crippen molar-refractivity contribution in [3.05, 3.63) is 82.9 Å². The molecule has 6 heteroatoms. The maximum Gasteiger partial charge on any atom is 0.240 e. The van der Waals surface area contributed by atoms with Gasteiger partial charge in [-0.2, -0.15) is 10.2 Å². The molecule has 2 amide bonds. The van der Waals surface area contributed by atoms with E-state index in [-0.39, 0.29) is 24.7 Å². The molecule has 0 unspecified atom stereocenters. The molecule has 2 rings (SSSR count). The second-order valence-corrected chi connectivity index (χ2v) is 6.68. The Bertz CT molecular complexity index is 866. The van der Waals surface area contributed by atoms with Gasteiger partial charge in [0.05, 0.1) is 12.4 Å². The molecule has 0 aliphatic rings. The first-order valence-corrected chi connectivity index (χ1v) is 9.63. The van der Waals surface area contributed by atoms with Crippen LogP contribution in [0.1, 0.15) is 37.8 Å². The van der Waals surface area contributed by atoms with Gasteiger partial charge in [0.2, 0.25) is 11.8 Å². The normalized spacial score (nSPS) is 12.3. The number of rotatable bonds is 9. The summed E-state index contributed by atoms with van der Waals surface area (Å²) in [7, 11) is 0. The number of carbonyl (C=O) groups excluding carboxylic acids is 2. The second-order valence-electron chi connectivity index (χ2n) is 6.68. The molecule has 2 aromatic rings. The third-order valence-electron chi connectivity index (χ3n) is 3.88. The first-order valence-electron chi connectivity index (χ1n) is 9.63. The number of hydrazone groups is 2. The van der Waals surface area contributed by atoms with Crippen LogP contribution >= 0.6 is 0 Å². The van der Waals surface area contributed by atoms with E-state index < -0.39 is 0 Å². The number of carbonyl (C=O) groups is 2. The average molecular weight is 402 g/mol. The van der Waals surface area contributed by atoms with Crippen LogP contribution in [0.2, 0.25) is 0 Å². The number of benzene rings is 2. The van der Waals surface area contributed by atoms with Crippen LogP contribution in [0.25, 0.3) is 12.2 Å². The monoisotopic (exact) mass is 402 g/mol. The molecule has 154 valence electrons. The number of allylic oxidation sites excluding steroid dienone is 2. The van der Waals surface area contributed by atoms with E-state index in [0.717, 1.165) is 22.3 Å². The van der Waals surface area contributed by atoms with Gasteiger partial charge in [-0.3, -0.25) is 9.59 Å². The Morgan fingerprint density at radius 3 is 1.43 bits per heavy atom. The van der Waals surface area contributed by atoms with Crippen molar-refractivity contribution in [2.75, 3.05) is 0 Å². The minimum atomic E-state index is -0.335. The van der Waals surface area contributed by atoms with Crippen molar-refractivity contribution in [3.63, 3.8) is 0 Å². The maximum absolute atomic E-state index is 11.8. The molecule has 2 N–H and O–H groups in total. The number of nitrogens with one attached hydrogen (secondary N) is 2. The molecule has 0 atom stereocenters. The Labute approximate surface area is 177 Å². The van der Waals surface area contributed by atoms with E-state index in [2.05, 4.69) is 21.1 Å². The number of hydrogen-bond acceptors (Lipinski definition) is 4. The topological polar surface area (TPSA) is 82.9 Å². The van der Waals surface area contributed by atoms with Gasteiger partial charge in [-0.05, 0) is 36.1 Å². The second kappa shape index (κ2) is 12.6. The molecule has 6 nitrogen and oxygen atoms in total. The van der Waals surface area contributed by atoms with Crippen LogP contribution in [0, 0.1) is 0 Å². The fourth-order valence-corrected chi connectivity index (χ4v) is 2.45. The van der Waals surface area contributed by atoms with Crippen LogP contribution in [0.5, 0.6) is 0 Å². The van der Waals surface area contributed by atoms with E-state index in [4.69, 9.17) is 0 Å². The third-order valence-corrected chi connectivity index (χ3v) is 3.88. The van der Waals surface area contributed by atoms with Gasteiger partial charge in [0.25, 0.3) is 0 Å². The molecule has 0 bridgehead atoms. The van der Waals surface area contributed by atoms with Crippen LogP contribution < -0.4 is 10.9 Å².